The van der Waals surface area contributed by atoms with Crippen molar-refractivity contribution in [1.82, 2.24) is 34.1 Å². The number of carbonyl (C=O) groups is 1. The van der Waals surface area contributed by atoms with Crippen LogP contribution in [0.4, 0.5) is 14.6 Å². The lowest BCUT2D eigenvalue weighted by Crippen LogP contribution is -2.50. The highest BCUT2D eigenvalue weighted by molar-refractivity contribution is 7.48. The molecule has 6 heterocycles. The number of aromatic nitrogens is 7. The predicted octanol–water partition coefficient (Wildman–Crippen LogP) is 4.95. The number of hydrogen-bond acceptors (Lipinski definition) is 17. The number of rotatable bonds is 17. The molecule has 0 spiro atoms. The number of aliphatic hydroxyl groups is 1. The molecule has 1 amide bonds. The lowest BCUT2D eigenvalue weighted by atomic mass is 10.1. The fourth-order valence-electron chi connectivity index (χ4n) is 6.89. The van der Waals surface area contributed by atoms with E-state index in [2.05, 4.69) is 30.2 Å². The van der Waals surface area contributed by atoms with Gasteiger partial charge in [0.2, 0.25) is 0 Å². The van der Waals surface area contributed by atoms with Gasteiger partial charge in [0.25, 0.3) is 11.5 Å². The van der Waals surface area contributed by atoms with Gasteiger partial charge in [0.1, 0.15) is 36.1 Å². The van der Waals surface area contributed by atoms with E-state index in [1.54, 1.807) is 30.3 Å². The van der Waals surface area contributed by atoms with E-state index < -0.39 is 121 Å². The summed E-state index contributed by atoms with van der Waals surface area (Å²) in [5, 5.41) is 21.7. The molecule has 22 nitrogen and oxygen atoms in total. The number of imidazole rings is 1. The average molecular weight is 951 g/mol. The summed E-state index contributed by atoms with van der Waals surface area (Å²) in [5.41, 5.74) is -0.675. The van der Waals surface area contributed by atoms with Gasteiger partial charge < -0.3 is 33.9 Å². The zero-order valence-corrected chi connectivity index (χ0v) is 37.6. The number of aliphatic hydroxyl groups excluding tert-OH is 1. The third-order valence-electron chi connectivity index (χ3n) is 11.0. The van der Waals surface area contributed by atoms with Crippen molar-refractivity contribution in [3.63, 3.8) is 0 Å². The molecule has 2 saturated heterocycles. The van der Waals surface area contributed by atoms with E-state index in [0.29, 0.717) is 5.56 Å². The van der Waals surface area contributed by atoms with Crippen molar-refractivity contribution in [1.29, 1.82) is 5.26 Å². The lowest BCUT2D eigenvalue weighted by Gasteiger charge is -2.40. The first-order valence-corrected chi connectivity index (χ1v) is 25.1. The van der Waals surface area contributed by atoms with Gasteiger partial charge in [-0.15, -0.1) is 9.42 Å². The molecule has 2 fully saturated rings. The van der Waals surface area contributed by atoms with Crippen molar-refractivity contribution in [3.8, 4) is 6.07 Å². The van der Waals surface area contributed by atoms with Gasteiger partial charge in [-0.25, -0.2) is 33.3 Å². The van der Waals surface area contributed by atoms with Crippen LogP contribution in [-0.4, -0.2) is 115 Å². The molecule has 4 aromatic heterocycles. The van der Waals surface area contributed by atoms with Gasteiger partial charge in [-0.05, 0) is 30.3 Å². The molecule has 0 aliphatic carbocycles. The van der Waals surface area contributed by atoms with E-state index >= 15 is 8.78 Å². The molecule has 27 heteroatoms. The van der Waals surface area contributed by atoms with E-state index in [0.717, 1.165) is 34.3 Å². The summed E-state index contributed by atoms with van der Waals surface area (Å²) in [4.78, 5) is 54.3. The summed E-state index contributed by atoms with van der Waals surface area (Å²) in [6.45, 7) is 7.49. The molecule has 5 unspecified atom stereocenters. The highest BCUT2D eigenvalue weighted by Crippen LogP contribution is 2.56. The molecule has 7 rings (SSSR count). The summed E-state index contributed by atoms with van der Waals surface area (Å²) in [6.07, 6.45) is -9.09. The van der Waals surface area contributed by atoms with Crippen LogP contribution in [0.15, 0.2) is 60.3 Å². The molecule has 5 aromatic rings. The predicted molar refractivity (Wildman–Crippen MR) is 221 cm³/mol. The second-order valence-electron chi connectivity index (χ2n) is 16.1. The Bertz CT molecular complexity index is 2660. The highest BCUT2D eigenvalue weighted by atomic mass is 31.2. The number of halogens is 2. The maximum Gasteiger partial charge on any atom is 0.695 e. The Morgan fingerprint density at radius 3 is 2.48 bits per heavy atom. The Hall–Kier alpha value is -4.80. The smallest absolute Gasteiger partial charge is 0.408 e. The van der Waals surface area contributed by atoms with Crippen molar-refractivity contribution in [2.45, 2.75) is 94.5 Å². The van der Waals surface area contributed by atoms with Crippen LogP contribution in [0.25, 0.3) is 22.2 Å². The van der Waals surface area contributed by atoms with Crippen molar-refractivity contribution >= 4 is 58.3 Å². The number of nitrogens with zero attached hydrogens (tertiary/aromatic N) is 7. The quantitative estimate of drug-likeness (QED) is 0.0545. The minimum Gasteiger partial charge on any atom is -0.408 e. The Kier molecular flexibility index (Phi) is 14.0. The SMILES string of the molecule is CC(C)(C)[Si](C)(C)OC1C(CO)O[C@@H](n2cc(F)c3c(=O)[nH]cnc32)[C@@H]1OP(=O)(OCCC#N)OCC1O[C@@H](n2cnc3c(NC(=O)c4ccccc4)ncnc32)[C@H](F)[C@@H]1O[P+](=O)O. The average Bonchev–Trinajstić information content (AvgIpc) is 4.00. The van der Waals surface area contributed by atoms with E-state index in [4.69, 9.17) is 32.0 Å². The summed E-state index contributed by atoms with van der Waals surface area (Å²) in [6, 6.07) is 10.1. The number of anilines is 1. The first kappa shape index (κ1) is 47.2. The van der Waals surface area contributed by atoms with Gasteiger partial charge in [0, 0.05) is 16.3 Å². The van der Waals surface area contributed by atoms with Gasteiger partial charge >= 0.3 is 16.1 Å². The number of carbonyl (C=O) groups excluding carboxylic acids is 1. The molecule has 0 radical (unpaired) electrons. The van der Waals surface area contributed by atoms with E-state index in [9.17, 15) is 34.0 Å². The first-order chi connectivity index (χ1) is 30.4. The van der Waals surface area contributed by atoms with E-state index in [1.807, 2.05) is 39.9 Å². The van der Waals surface area contributed by atoms with Crippen LogP contribution in [0.2, 0.25) is 18.1 Å². The molecule has 2 aliphatic heterocycles. The van der Waals surface area contributed by atoms with Crippen molar-refractivity contribution < 1.29 is 64.7 Å². The number of aromatic amines is 1. The van der Waals surface area contributed by atoms with Gasteiger partial charge in [0.05, 0.1) is 45.0 Å². The maximum atomic E-state index is 16.5. The zero-order chi connectivity index (χ0) is 46.1. The van der Waals surface area contributed by atoms with Crippen LogP contribution in [-0.2, 0) is 41.1 Å². The monoisotopic (exact) mass is 950 g/mol. The minimum absolute atomic E-state index is 0.0162. The number of phosphoric ester groups is 1. The molecule has 342 valence electrons. The van der Waals surface area contributed by atoms with Crippen molar-refractivity contribution in [2.24, 2.45) is 0 Å². The number of phosphoric acid groups is 1. The Labute approximate surface area is 364 Å². The number of nitriles is 1. The normalized spacial score (nSPS) is 25.1. The summed E-state index contributed by atoms with van der Waals surface area (Å²) < 4.78 is 103. The van der Waals surface area contributed by atoms with E-state index in [-0.39, 0.29) is 29.0 Å². The molecule has 0 saturated carbocycles. The van der Waals surface area contributed by atoms with Crippen LogP contribution < -0.4 is 10.9 Å². The number of H-pyrrole nitrogens is 1. The van der Waals surface area contributed by atoms with Gasteiger partial charge in [-0.2, -0.15) is 5.26 Å². The van der Waals surface area contributed by atoms with Gasteiger partial charge in [0.15, 0.2) is 61.5 Å². The Morgan fingerprint density at radius 1 is 1.06 bits per heavy atom. The second kappa shape index (κ2) is 19.0. The molecule has 64 heavy (non-hydrogen) atoms. The fraction of sp³-hybridized carbons (Fsp3) is 0.486. The third kappa shape index (κ3) is 9.60. The number of benzene rings is 1. The van der Waals surface area contributed by atoms with Gasteiger partial charge in [-0.1, -0.05) is 39.0 Å². The number of amides is 1. The molecule has 10 atom stereocenters. The molecule has 0 bridgehead atoms. The number of hydrogen-bond donors (Lipinski definition) is 4. The molecular weight excluding hydrogens is 906 g/mol. The highest BCUT2D eigenvalue weighted by Gasteiger charge is 2.56. The van der Waals surface area contributed by atoms with Gasteiger partial charge in [-0.3, -0.25) is 27.7 Å². The topological polar surface area (TPSA) is 286 Å². The Balaban J connectivity index is 1.21. The number of fused-ring (bicyclic) bond motifs is 2. The van der Waals surface area contributed by atoms with Crippen LogP contribution in [0.1, 0.15) is 50.0 Å². The van der Waals surface area contributed by atoms with E-state index in [1.165, 1.54) is 0 Å². The van der Waals surface area contributed by atoms with Crippen molar-refractivity contribution in [2.75, 3.05) is 25.1 Å². The summed E-state index contributed by atoms with van der Waals surface area (Å²) in [7, 11) is -11.3. The standard InChI is InChI=1S/C37H43F2N9O13P2Si/c1-37(2,3)64(4,5)61-28-22(15-49)57-36(47-14-21(38)24-31(47)42-18-44-34(24)51)29(28)60-63(54,55-13-9-12-40)56-16-23-27(59-62(52)53)25(39)35(58-23)48-19-45-26-30(41-17-43-32(26)48)46-33(50)20-10-7-6-8-11-20/h6-8,10-11,14,17-19,22-23,25,27-29,35-36,49H,9,13,15-16H2,1-5H3,(H2-,41,42,43,44,46,50,51,52,53)/p+1/t22?,23?,25-,27-,28?,29-,35-,36-,63?/m1/s1. The summed E-state index contributed by atoms with van der Waals surface area (Å²) >= 11 is 0. The van der Waals surface area contributed by atoms with Crippen LogP contribution in [0.3, 0.4) is 0 Å². The second-order valence-corrected chi connectivity index (χ2v) is 23.2. The maximum absolute atomic E-state index is 16.5. The lowest BCUT2D eigenvalue weighted by molar-refractivity contribution is -0.0614. The molecular formula is C37H44F2N9O13P2Si+. The van der Waals surface area contributed by atoms with Crippen LogP contribution in [0, 0.1) is 17.1 Å². The molecule has 2 aliphatic rings. The summed E-state index contributed by atoms with van der Waals surface area (Å²) in [5.74, 6) is -1.52. The molecule has 4 N–H and O–H groups in total. The van der Waals surface area contributed by atoms with Crippen molar-refractivity contribution in [3.05, 3.63) is 77.2 Å². The van der Waals surface area contributed by atoms with Crippen LogP contribution >= 0.6 is 16.1 Å². The zero-order valence-electron chi connectivity index (χ0n) is 34.8. The minimum atomic E-state index is -5.04. The first-order valence-electron chi connectivity index (χ1n) is 19.6. The fourth-order valence-corrected chi connectivity index (χ4v) is 10.0. The Morgan fingerprint density at radius 2 is 1.80 bits per heavy atom. The largest absolute Gasteiger partial charge is 0.695 e. The van der Waals surface area contributed by atoms with Crippen LogP contribution in [0.5, 0.6) is 0 Å². The number of alkyl halides is 1. The third-order valence-corrected chi connectivity index (χ3v) is 17.4. The number of nitrogens with one attached hydrogen (secondary N) is 2. The molecule has 1 aromatic carbocycles. The number of ether oxygens (including phenoxy) is 2.